The lowest BCUT2D eigenvalue weighted by Gasteiger charge is -2.13. The van der Waals surface area contributed by atoms with Gasteiger partial charge in [0.25, 0.3) is 0 Å². The molecular formula is C15H15FN2. The Balaban J connectivity index is 1.85. The van der Waals surface area contributed by atoms with Crippen LogP contribution in [0.5, 0.6) is 0 Å². The highest BCUT2D eigenvalue weighted by Gasteiger charge is 2.20. The van der Waals surface area contributed by atoms with E-state index in [4.69, 9.17) is 0 Å². The fourth-order valence-corrected chi connectivity index (χ4v) is 2.46. The Morgan fingerprint density at radius 2 is 2.06 bits per heavy atom. The molecule has 0 amide bonds. The first-order valence-electron chi connectivity index (χ1n) is 6.23. The van der Waals surface area contributed by atoms with Crippen LogP contribution >= 0.6 is 0 Å². The summed E-state index contributed by atoms with van der Waals surface area (Å²) in [6.45, 7) is 0.911. The average Bonchev–Trinajstić information content (AvgIpc) is 2.87. The Morgan fingerprint density at radius 3 is 2.89 bits per heavy atom. The minimum Gasteiger partial charge on any atom is -0.384 e. The molecular weight excluding hydrogens is 227 g/mol. The maximum Gasteiger partial charge on any atom is 0.131 e. The predicted octanol–water partition coefficient (Wildman–Crippen LogP) is 3.30. The first-order valence-corrected chi connectivity index (χ1v) is 6.23. The number of hydrogen-bond donors (Lipinski definition) is 1. The molecule has 1 aromatic heterocycles. The Labute approximate surface area is 106 Å². The summed E-state index contributed by atoms with van der Waals surface area (Å²) in [4.78, 5) is 3.95. The average molecular weight is 242 g/mol. The minimum atomic E-state index is -0.965. The number of nitrogens with zero attached hydrogens (tertiary/aromatic N) is 1. The lowest BCUT2D eigenvalue weighted by molar-refractivity contribution is 0.343. The van der Waals surface area contributed by atoms with E-state index >= 15 is 0 Å². The number of hydrogen-bond acceptors (Lipinski definition) is 2. The molecule has 0 radical (unpaired) electrons. The molecule has 2 nitrogen and oxygen atoms in total. The fraction of sp³-hybridized carbons (Fsp3) is 0.267. The van der Waals surface area contributed by atoms with Gasteiger partial charge in [-0.25, -0.2) is 4.39 Å². The quantitative estimate of drug-likeness (QED) is 0.893. The number of benzene rings is 1. The van der Waals surface area contributed by atoms with Crippen LogP contribution in [0.4, 0.5) is 10.1 Å². The van der Waals surface area contributed by atoms with Gasteiger partial charge in [0.2, 0.25) is 0 Å². The van der Waals surface area contributed by atoms with Crippen molar-refractivity contribution in [2.24, 2.45) is 0 Å². The molecule has 1 aromatic carbocycles. The number of fused-ring (bicyclic) bond motifs is 1. The monoisotopic (exact) mass is 242 g/mol. The molecule has 2 aromatic rings. The van der Waals surface area contributed by atoms with E-state index < -0.39 is 6.17 Å². The molecule has 0 bridgehead atoms. The smallest absolute Gasteiger partial charge is 0.131 e. The van der Waals surface area contributed by atoms with Crippen LogP contribution in [0.1, 0.15) is 22.9 Å². The Bertz CT molecular complexity index is 539. The summed E-state index contributed by atoms with van der Waals surface area (Å²) in [5.41, 5.74) is 3.99. The van der Waals surface area contributed by atoms with Crippen molar-refractivity contribution in [2.75, 3.05) is 11.9 Å². The highest BCUT2D eigenvalue weighted by Crippen LogP contribution is 2.34. The number of anilines is 1. The van der Waals surface area contributed by atoms with Crippen molar-refractivity contribution in [3.8, 4) is 0 Å². The molecule has 0 spiro atoms. The summed E-state index contributed by atoms with van der Waals surface area (Å²) >= 11 is 0. The van der Waals surface area contributed by atoms with E-state index in [9.17, 15) is 4.39 Å². The molecule has 1 N–H and O–H groups in total. The molecule has 3 heteroatoms. The molecule has 1 atom stereocenters. The zero-order valence-electron chi connectivity index (χ0n) is 10.1. The van der Waals surface area contributed by atoms with Gasteiger partial charge in [-0.1, -0.05) is 18.2 Å². The van der Waals surface area contributed by atoms with Crippen molar-refractivity contribution in [1.82, 2.24) is 4.98 Å². The van der Waals surface area contributed by atoms with Gasteiger partial charge in [0.15, 0.2) is 0 Å². The Kier molecular flexibility index (Phi) is 2.97. The third kappa shape index (κ3) is 2.08. The number of alkyl halides is 1. The molecule has 1 unspecified atom stereocenters. The van der Waals surface area contributed by atoms with E-state index in [1.165, 1.54) is 5.56 Å². The molecule has 18 heavy (non-hydrogen) atoms. The zero-order valence-corrected chi connectivity index (χ0v) is 10.1. The van der Waals surface area contributed by atoms with Gasteiger partial charge in [-0.15, -0.1) is 0 Å². The normalized spacial score (nSPS) is 14.9. The van der Waals surface area contributed by atoms with Crippen molar-refractivity contribution in [2.45, 2.75) is 19.0 Å². The molecule has 1 aliphatic rings. The summed E-state index contributed by atoms with van der Waals surface area (Å²) in [5.74, 6) is 0. The van der Waals surface area contributed by atoms with Crippen molar-refractivity contribution in [3.05, 3.63) is 59.4 Å². The van der Waals surface area contributed by atoms with Gasteiger partial charge in [0.05, 0.1) is 0 Å². The van der Waals surface area contributed by atoms with Gasteiger partial charge in [-0.2, -0.15) is 0 Å². The second kappa shape index (κ2) is 4.77. The second-order valence-corrected chi connectivity index (χ2v) is 4.59. The van der Waals surface area contributed by atoms with Crippen LogP contribution < -0.4 is 5.32 Å². The van der Waals surface area contributed by atoms with Gasteiger partial charge < -0.3 is 5.32 Å². The molecule has 1 aliphatic heterocycles. The third-order valence-electron chi connectivity index (χ3n) is 3.38. The Morgan fingerprint density at radius 1 is 1.22 bits per heavy atom. The minimum absolute atomic E-state index is 0.403. The molecule has 0 saturated heterocycles. The molecule has 2 heterocycles. The SMILES string of the molecule is FC(Cc1ccncc1)c1cccc2c1NCC2. The van der Waals surface area contributed by atoms with E-state index in [1.54, 1.807) is 12.4 Å². The summed E-state index contributed by atoms with van der Waals surface area (Å²) < 4.78 is 14.4. The van der Waals surface area contributed by atoms with Gasteiger partial charge in [-0.3, -0.25) is 4.98 Å². The van der Waals surface area contributed by atoms with Crippen molar-refractivity contribution in [3.63, 3.8) is 0 Å². The standard InChI is InChI=1S/C15H15FN2/c16-14(10-11-4-7-17-8-5-11)13-3-1-2-12-6-9-18-15(12)13/h1-5,7-8,14,18H,6,9-10H2. The summed E-state index contributed by atoms with van der Waals surface area (Å²) in [7, 11) is 0. The van der Waals surface area contributed by atoms with Gasteiger partial charge in [-0.05, 0) is 29.7 Å². The van der Waals surface area contributed by atoms with Crippen LogP contribution in [-0.4, -0.2) is 11.5 Å². The molecule has 0 aliphatic carbocycles. The van der Waals surface area contributed by atoms with E-state index in [0.29, 0.717) is 6.42 Å². The van der Waals surface area contributed by atoms with Gasteiger partial charge in [0.1, 0.15) is 6.17 Å². The first kappa shape index (κ1) is 11.2. The fourth-order valence-electron chi connectivity index (χ4n) is 2.46. The number of para-hydroxylation sites is 1. The van der Waals surface area contributed by atoms with E-state index in [1.807, 2.05) is 24.3 Å². The lowest BCUT2D eigenvalue weighted by atomic mass is 9.99. The van der Waals surface area contributed by atoms with E-state index in [0.717, 1.165) is 29.8 Å². The van der Waals surface area contributed by atoms with Crippen molar-refractivity contribution < 1.29 is 4.39 Å². The van der Waals surface area contributed by atoms with Crippen LogP contribution in [0, 0.1) is 0 Å². The maximum atomic E-state index is 14.4. The van der Waals surface area contributed by atoms with Crippen LogP contribution in [0.15, 0.2) is 42.7 Å². The van der Waals surface area contributed by atoms with Crippen LogP contribution in [0.2, 0.25) is 0 Å². The largest absolute Gasteiger partial charge is 0.384 e. The number of nitrogens with one attached hydrogen (secondary N) is 1. The maximum absolute atomic E-state index is 14.4. The molecule has 0 saturated carbocycles. The highest BCUT2D eigenvalue weighted by atomic mass is 19.1. The molecule has 0 fully saturated rings. The zero-order chi connectivity index (χ0) is 12.4. The van der Waals surface area contributed by atoms with E-state index in [-0.39, 0.29) is 0 Å². The van der Waals surface area contributed by atoms with Crippen LogP contribution in [-0.2, 0) is 12.8 Å². The number of halogens is 1. The van der Waals surface area contributed by atoms with E-state index in [2.05, 4.69) is 16.4 Å². The summed E-state index contributed by atoms with van der Waals surface area (Å²) in [6.07, 6.45) is 3.84. The molecule has 92 valence electrons. The number of pyridine rings is 1. The van der Waals surface area contributed by atoms with Crippen LogP contribution in [0.3, 0.4) is 0 Å². The lowest BCUT2D eigenvalue weighted by Crippen LogP contribution is -2.02. The van der Waals surface area contributed by atoms with Crippen molar-refractivity contribution >= 4 is 5.69 Å². The predicted molar refractivity (Wildman–Crippen MR) is 70.4 cm³/mol. The topological polar surface area (TPSA) is 24.9 Å². The first-order chi connectivity index (χ1) is 8.84. The second-order valence-electron chi connectivity index (χ2n) is 4.59. The van der Waals surface area contributed by atoms with Gasteiger partial charge in [0, 0.05) is 36.6 Å². The number of rotatable bonds is 3. The van der Waals surface area contributed by atoms with Crippen molar-refractivity contribution in [1.29, 1.82) is 0 Å². The third-order valence-corrected chi connectivity index (χ3v) is 3.38. The summed E-state index contributed by atoms with van der Waals surface area (Å²) in [5, 5.41) is 3.28. The Hall–Kier alpha value is -1.90. The number of aromatic nitrogens is 1. The highest BCUT2D eigenvalue weighted by molar-refractivity contribution is 5.62. The molecule has 3 rings (SSSR count). The van der Waals surface area contributed by atoms with Gasteiger partial charge >= 0.3 is 0 Å². The summed E-state index contributed by atoms with van der Waals surface area (Å²) in [6, 6.07) is 9.62. The van der Waals surface area contributed by atoms with Crippen LogP contribution in [0.25, 0.3) is 0 Å².